The maximum atomic E-state index is 13.2. The smallest absolute Gasteiger partial charge is 0.306 e. The highest BCUT2D eigenvalue weighted by molar-refractivity contribution is 9.10. The Kier molecular flexibility index (Phi) is 3.54. The molecule has 0 saturated carbocycles. The van der Waals surface area contributed by atoms with Crippen LogP contribution in [0.25, 0.3) is 11.0 Å². The minimum Gasteiger partial charge on any atom is -0.306 e. The van der Waals surface area contributed by atoms with Crippen molar-refractivity contribution in [3.05, 3.63) is 66.7 Å². The lowest BCUT2D eigenvalue weighted by Crippen LogP contribution is -2.03. The Bertz CT molecular complexity index is 930. The van der Waals surface area contributed by atoms with Gasteiger partial charge in [0.25, 0.3) is 0 Å². The second kappa shape index (κ2) is 5.23. The van der Waals surface area contributed by atoms with E-state index in [-0.39, 0.29) is 15.9 Å². The first-order valence-corrected chi connectivity index (χ1v) is 7.45. The Morgan fingerprint density at radius 1 is 1.00 bits per heavy atom. The number of aromatic amines is 2. The molecule has 1 aromatic heterocycles. The molecule has 0 aliphatic carbocycles. The number of halogens is 3. The molecular weight excluding hydrogens is 407 g/mol. The molecule has 0 amide bonds. The molecule has 0 fully saturated rings. The van der Waals surface area contributed by atoms with Gasteiger partial charge in [0, 0.05) is 15.6 Å². The van der Waals surface area contributed by atoms with E-state index in [0.29, 0.717) is 26.6 Å². The van der Waals surface area contributed by atoms with Crippen LogP contribution in [0.4, 0.5) is 4.39 Å². The number of rotatable bonds is 2. The summed E-state index contributed by atoms with van der Waals surface area (Å²) >= 11 is 6.37. The average Bonchev–Trinajstić information content (AvgIpc) is 2.79. The predicted octanol–water partition coefficient (Wildman–Crippen LogP) is 3.75. The van der Waals surface area contributed by atoms with Crippen LogP contribution >= 0.6 is 31.9 Å². The summed E-state index contributed by atoms with van der Waals surface area (Å²) in [6, 6.07) is 7.30. The molecule has 0 atom stereocenters. The Labute approximate surface area is 134 Å². The Morgan fingerprint density at radius 2 is 1.67 bits per heavy atom. The van der Waals surface area contributed by atoms with E-state index in [2.05, 4.69) is 41.8 Å². The number of fused-ring (bicyclic) bond motifs is 1. The molecule has 3 aromatic rings. The van der Waals surface area contributed by atoms with Crippen molar-refractivity contribution in [3.8, 4) is 0 Å². The summed E-state index contributed by atoms with van der Waals surface area (Å²) < 4.78 is 14.0. The van der Waals surface area contributed by atoms with Gasteiger partial charge in [-0.15, -0.1) is 0 Å². The Hall–Kier alpha value is -1.73. The first-order valence-electron chi connectivity index (χ1n) is 5.87. The van der Waals surface area contributed by atoms with Crippen LogP contribution in [0.1, 0.15) is 15.9 Å². The summed E-state index contributed by atoms with van der Waals surface area (Å²) in [5.74, 6) is -0.706. The molecule has 3 rings (SSSR count). The third-order valence-electron chi connectivity index (χ3n) is 3.03. The molecule has 0 aliphatic rings. The fraction of sp³-hybridized carbons (Fsp3) is 0. The van der Waals surface area contributed by atoms with E-state index >= 15 is 0 Å². The summed E-state index contributed by atoms with van der Waals surface area (Å²) in [4.78, 5) is 29.0. The van der Waals surface area contributed by atoms with E-state index in [1.165, 1.54) is 18.2 Å². The monoisotopic (exact) mass is 412 g/mol. The minimum absolute atomic E-state index is 0.223. The summed E-state index contributed by atoms with van der Waals surface area (Å²) in [5, 5.41) is 0. The second-order valence-corrected chi connectivity index (χ2v) is 6.12. The van der Waals surface area contributed by atoms with E-state index in [0.717, 1.165) is 0 Å². The van der Waals surface area contributed by atoms with Crippen molar-refractivity contribution in [2.45, 2.75) is 0 Å². The third-order valence-corrected chi connectivity index (χ3v) is 4.29. The van der Waals surface area contributed by atoms with Gasteiger partial charge in [0.15, 0.2) is 5.78 Å². The summed E-state index contributed by atoms with van der Waals surface area (Å²) in [5.41, 5.74) is 1.53. The topological polar surface area (TPSA) is 65.7 Å². The fourth-order valence-electron chi connectivity index (χ4n) is 2.02. The van der Waals surface area contributed by atoms with Gasteiger partial charge in [-0.05, 0) is 62.2 Å². The number of ketones is 1. The predicted molar refractivity (Wildman–Crippen MR) is 84.2 cm³/mol. The van der Waals surface area contributed by atoms with Crippen molar-refractivity contribution in [1.29, 1.82) is 0 Å². The number of hydrogen-bond acceptors (Lipinski definition) is 2. The maximum absolute atomic E-state index is 13.2. The van der Waals surface area contributed by atoms with Crippen LogP contribution in [-0.2, 0) is 0 Å². The molecule has 1 heterocycles. The molecule has 2 N–H and O–H groups in total. The summed E-state index contributed by atoms with van der Waals surface area (Å²) in [6.45, 7) is 0. The van der Waals surface area contributed by atoms with Gasteiger partial charge < -0.3 is 9.97 Å². The molecule has 4 nitrogen and oxygen atoms in total. The highest BCUT2D eigenvalue weighted by Crippen LogP contribution is 2.26. The molecule has 0 aliphatic heterocycles. The molecule has 106 valence electrons. The number of H-pyrrole nitrogens is 2. The van der Waals surface area contributed by atoms with Crippen LogP contribution in [0.15, 0.2) is 44.1 Å². The third kappa shape index (κ3) is 2.58. The van der Waals surface area contributed by atoms with Gasteiger partial charge in [-0.1, -0.05) is 0 Å². The van der Waals surface area contributed by atoms with Gasteiger partial charge in [-0.2, -0.15) is 0 Å². The van der Waals surface area contributed by atoms with Crippen molar-refractivity contribution in [3.63, 3.8) is 0 Å². The minimum atomic E-state index is -0.434. The van der Waals surface area contributed by atoms with Gasteiger partial charge >= 0.3 is 5.69 Å². The second-order valence-electron chi connectivity index (χ2n) is 4.41. The lowest BCUT2D eigenvalue weighted by Gasteiger charge is -2.05. The van der Waals surface area contributed by atoms with Gasteiger partial charge in [0.1, 0.15) is 5.82 Å². The fourth-order valence-corrected chi connectivity index (χ4v) is 2.93. The molecule has 0 saturated heterocycles. The number of carbonyl (C=O) groups is 1. The van der Waals surface area contributed by atoms with Crippen molar-refractivity contribution in [2.24, 2.45) is 0 Å². The highest BCUT2D eigenvalue weighted by Gasteiger charge is 2.16. The summed E-state index contributed by atoms with van der Waals surface area (Å²) in [7, 11) is 0. The quantitative estimate of drug-likeness (QED) is 0.628. The number of aromatic nitrogens is 2. The van der Waals surface area contributed by atoms with Gasteiger partial charge in [0.05, 0.1) is 15.5 Å². The molecule has 2 aromatic carbocycles. The summed E-state index contributed by atoms with van der Waals surface area (Å²) in [6.07, 6.45) is 0. The molecule has 7 heteroatoms. The zero-order valence-electron chi connectivity index (χ0n) is 10.3. The van der Waals surface area contributed by atoms with E-state index < -0.39 is 5.82 Å². The standard InChI is InChI=1S/C14H7Br2FN2O2/c15-8-5-12-11(18-14(21)19-12)4-7(8)13(20)6-1-2-10(17)9(16)3-6/h1-5H,(H2,18,19,21). The van der Waals surface area contributed by atoms with Gasteiger partial charge in [-0.3, -0.25) is 4.79 Å². The average molecular weight is 414 g/mol. The number of benzene rings is 2. The van der Waals surface area contributed by atoms with Crippen LogP contribution in [0.5, 0.6) is 0 Å². The van der Waals surface area contributed by atoms with E-state index in [4.69, 9.17) is 0 Å². The molecule has 21 heavy (non-hydrogen) atoms. The highest BCUT2D eigenvalue weighted by atomic mass is 79.9. The zero-order chi connectivity index (χ0) is 15.1. The zero-order valence-corrected chi connectivity index (χ0v) is 13.5. The largest absolute Gasteiger partial charge is 0.323 e. The lowest BCUT2D eigenvalue weighted by molar-refractivity contribution is 0.103. The molecule has 0 radical (unpaired) electrons. The van der Waals surface area contributed by atoms with Crippen molar-refractivity contribution < 1.29 is 9.18 Å². The van der Waals surface area contributed by atoms with Crippen molar-refractivity contribution in [2.75, 3.05) is 0 Å². The molecule has 0 unspecified atom stereocenters. The van der Waals surface area contributed by atoms with E-state index in [1.807, 2.05) is 0 Å². The number of imidazole rings is 1. The molecule has 0 bridgehead atoms. The van der Waals surface area contributed by atoms with Crippen molar-refractivity contribution >= 4 is 48.7 Å². The van der Waals surface area contributed by atoms with Gasteiger partial charge in [-0.25, -0.2) is 9.18 Å². The van der Waals surface area contributed by atoms with Crippen molar-refractivity contribution in [1.82, 2.24) is 9.97 Å². The van der Waals surface area contributed by atoms with E-state index in [1.54, 1.807) is 12.1 Å². The maximum Gasteiger partial charge on any atom is 0.323 e. The van der Waals surface area contributed by atoms with E-state index in [9.17, 15) is 14.0 Å². The Morgan fingerprint density at radius 3 is 2.33 bits per heavy atom. The van der Waals surface area contributed by atoms with Crippen LogP contribution in [0, 0.1) is 5.82 Å². The molecule has 0 spiro atoms. The van der Waals surface area contributed by atoms with Crippen LogP contribution in [0.3, 0.4) is 0 Å². The normalized spacial score (nSPS) is 11.0. The number of hydrogen-bond donors (Lipinski definition) is 2. The van der Waals surface area contributed by atoms with Crippen LogP contribution in [-0.4, -0.2) is 15.8 Å². The molecular formula is C14H7Br2FN2O2. The SMILES string of the molecule is O=C(c1ccc(F)c(Br)c1)c1cc2[nH]c(=O)[nH]c2cc1Br. The first kappa shape index (κ1) is 14.2. The van der Waals surface area contributed by atoms with Gasteiger partial charge in [0.2, 0.25) is 0 Å². The van der Waals surface area contributed by atoms with Crippen LogP contribution in [0.2, 0.25) is 0 Å². The first-order chi connectivity index (χ1) is 9.95. The number of carbonyl (C=O) groups excluding carboxylic acids is 1. The van der Waals surface area contributed by atoms with Crippen LogP contribution < -0.4 is 5.69 Å². The lowest BCUT2D eigenvalue weighted by atomic mass is 10.0. The Balaban J connectivity index is 2.14. The number of nitrogens with one attached hydrogen (secondary N) is 2.